The molecule has 0 amide bonds. The van der Waals surface area contributed by atoms with Crippen molar-refractivity contribution in [3.8, 4) is 11.3 Å². The largest absolute Gasteiger partial charge is 0.446 e. The van der Waals surface area contributed by atoms with Crippen molar-refractivity contribution in [1.29, 1.82) is 0 Å². The van der Waals surface area contributed by atoms with E-state index in [0.717, 1.165) is 16.8 Å². The summed E-state index contributed by atoms with van der Waals surface area (Å²) in [5, 5.41) is 0. The van der Waals surface area contributed by atoms with Crippen LogP contribution >= 0.6 is 0 Å². The summed E-state index contributed by atoms with van der Waals surface area (Å²) in [5.41, 5.74) is 8.26. The van der Waals surface area contributed by atoms with E-state index in [4.69, 9.17) is 10.5 Å². The van der Waals surface area contributed by atoms with Crippen LogP contribution in [0.25, 0.3) is 11.3 Å². The molecule has 1 aromatic carbocycles. The Hall–Kier alpha value is -2.20. The minimum atomic E-state index is -0.432. The molecule has 0 spiro atoms. The van der Waals surface area contributed by atoms with Gasteiger partial charge in [0.25, 0.3) is 0 Å². The predicted octanol–water partition coefficient (Wildman–Crippen LogP) is 2.13. The van der Waals surface area contributed by atoms with Crippen LogP contribution in [-0.2, 0) is 4.74 Å². The van der Waals surface area contributed by atoms with Crippen molar-refractivity contribution in [2.24, 2.45) is 5.73 Å². The van der Waals surface area contributed by atoms with Gasteiger partial charge in [-0.05, 0) is 31.2 Å². The third kappa shape index (κ3) is 2.55. The van der Waals surface area contributed by atoms with Crippen LogP contribution in [-0.4, -0.2) is 17.7 Å². The van der Waals surface area contributed by atoms with Crippen molar-refractivity contribution in [1.82, 2.24) is 4.98 Å². The quantitative estimate of drug-likeness (QED) is 0.661. The molecule has 18 heavy (non-hydrogen) atoms. The van der Waals surface area contributed by atoms with E-state index in [1.165, 1.54) is 0 Å². The van der Waals surface area contributed by atoms with E-state index >= 15 is 0 Å². The Morgan fingerprint density at radius 1 is 1.33 bits per heavy atom. The van der Waals surface area contributed by atoms with E-state index in [-0.39, 0.29) is 6.73 Å². The van der Waals surface area contributed by atoms with E-state index in [9.17, 15) is 4.79 Å². The zero-order valence-electron chi connectivity index (χ0n) is 10.1. The Kier molecular flexibility index (Phi) is 3.69. The van der Waals surface area contributed by atoms with Gasteiger partial charge in [-0.3, -0.25) is 10.7 Å². The Labute approximate surface area is 105 Å². The van der Waals surface area contributed by atoms with Gasteiger partial charge < -0.3 is 4.74 Å². The zero-order valence-corrected chi connectivity index (χ0v) is 10.1. The second-order valence-corrected chi connectivity index (χ2v) is 3.86. The normalized spacial score (nSPS) is 10.1. The van der Waals surface area contributed by atoms with Crippen molar-refractivity contribution in [3.63, 3.8) is 0 Å². The lowest BCUT2D eigenvalue weighted by atomic mass is 10.0. The number of hydrogen-bond acceptors (Lipinski definition) is 4. The van der Waals surface area contributed by atoms with Crippen molar-refractivity contribution < 1.29 is 9.53 Å². The lowest BCUT2D eigenvalue weighted by Crippen LogP contribution is -2.13. The van der Waals surface area contributed by atoms with Crippen LogP contribution in [0.5, 0.6) is 0 Å². The Morgan fingerprint density at radius 2 is 2.17 bits per heavy atom. The van der Waals surface area contributed by atoms with Gasteiger partial charge in [0.2, 0.25) is 0 Å². The number of carbonyl (C=O) groups excluding carboxylic acids is 1. The van der Waals surface area contributed by atoms with Gasteiger partial charge in [-0.1, -0.05) is 17.7 Å². The smallest absolute Gasteiger partial charge is 0.340 e. The van der Waals surface area contributed by atoms with Gasteiger partial charge >= 0.3 is 5.97 Å². The third-order valence-electron chi connectivity index (χ3n) is 2.55. The summed E-state index contributed by atoms with van der Waals surface area (Å²) in [4.78, 5) is 16.1. The number of hydrogen-bond donors (Lipinski definition) is 1. The molecule has 2 rings (SSSR count). The van der Waals surface area contributed by atoms with Crippen LogP contribution in [0.2, 0.25) is 0 Å². The van der Waals surface area contributed by atoms with E-state index in [1.807, 2.05) is 37.3 Å². The van der Waals surface area contributed by atoms with Gasteiger partial charge in [0.15, 0.2) is 0 Å². The molecule has 2 N–H and O–H groups in total. The molecule has 1 heterocycles. The molecular weight excluding hydrogens is 228 g/mol. The van der Waals surface area contributed by atoms with Crippen LogP contribution in [0.15, 0.2) is 42.6 Å². The summed E-state index contributed by atoms with van der Waals surface area (Å²) in [7, 11) is 0. The van der Waals surface area contributed by atoms with Gasteiger partial charge in [-0.25, -0.2) is 4.79 Å². The molecule has 92 valence electrons. The van der Waals surface area contributed by atoms with E-state index < -0.39 is 5.97 Å². The third-order valence-corrected chi connectivity index (χ3v) is 2.55. The van der Waals surface area contributed by atoms with Crippen molar-refractivity contribution >= 4 is 5.97 Å². The lowest BCUT2D eigenvalue weighted by molar-refractivity contribution is 0.0516. The molecule has 0 aliphatic carbocycles. The number of pyridine rings is 1. The number of nitrogens with two attached hydrogens (primary N) is 1. The van der Waals surface area contributed by atoms with E-state index in [2.05, 4.69) is 4.98 Å². The van der Waals surface area contributed by atoms with Crippen molar-refractivity contribution in [2.45, 2.75) is 6.92 Å². The van der Waals surface area contributed by atoms with E-state index in [0.29, 0.717) is 5.56 Å². The highest BCUT2D eigenvalue weighted by molar-refractivity contribution is 5.96. The van der Waals surface area contributed by atoms with Crippen molar-refractivity contribution in [3.05, 3.63) is 53.7 Å². The van der Waals surface area contributed by atoms with Gasteiger partial charge in [-0.2, -0.15) is 0 Å². The number of aromatic nitrogens is 1. The van der Waals surface area contributed by atoms with Gasteiger partial charge in [0.1, 0.15) is 6.73 Å². The maximum Gasteiger partial charge on any atom is 0.340 e. The summed E-state index contributed by atoms with van der Waals surface area (Å²) >= 11 is 0. The van der Waals surface area contributed by atoms with Gasteiger partial charge in [-0.15, -0.1) is 0 Å². The fourth-order valence-corrected chi connectivity index (χ4v) is 1.72. The summed E-state index contributed by atoms with van der Waals surface area (Å²) in [6.45, 7) is 1.83. The van der Waals surface area contributed by atoms with Gasteiger partial charge in [0, 0.05) is 11.8 Å². The first kappa shape index (κ1) is 12.3. The highest BCUT2D eigenvalue weighted by Gasteiger charge is 2.14. The Bertz CT molecular complexity index is 553. The van der Waals surface area contributed by atoms with Crippen LogP contribution in [0, 0.1) is 6.92 Å². The van der Waals surface area contributed by atoms with Crippen LogP contribution in [0.3, 0.4) is 0 Å². The molecule has 0 saturated heterocycles. The SMILES string of the molecule is Cc1ccc(C(=O)OCN)c(-c2ccccn2)c1. The number of esters is 1. The number of ether oxygens (including phenoxy) is 1. The molecule has 1 aromatic heterocycles. The van der Waals surface area contributed by atoms with E-state index in [1.54, 1.807) is 12.3 Å². The number of carbonyl (C=O) groups is 1. The predicted molar refractivity (Wildman–Crippen MR) is 68.9 cm³/mol. The number of nitrogens with zero attached hydrogens (tertiary/aromatic N) is 1. The fourth-order valence-electron chi connectivity index (χ4n) is 1.72. The summed E-state index contributed by atoms with van der Waals surface area (Å²) in [5.74, 6) is -0.432. The van der Waals surface area contributed by atoms with Gasteiger partial charge in [0.05, 0.1) is 11.3 Å². The fraction of sp³-hybridized carbons (Fsp3) is 0.143. The molecule has 4 heteroatoms. The highest BCUT2D eigenvalue weighted by atomic mass is 16.5. The monoisotopic (exact) mass is 242 g/mol. The maximum absolute atomic E-state index is 11.8. The molecule has 0 atom stereocenters. The standard InChI is InChI=1S/C14H14N2O2/c1-10-5-6-11(14(17)18-9-15)12(8-10)13-4-2-3-7-16-13/h2-8H,9,15H2,1H3. The average molecular weight is 242 g/mol. The molecular formula is C14H14N2O2. The Balaban J connectivity index is 2.51. The molecule has 0 aliphatic heterocycles. The Morgan fingerprint density at radius 3 is 2.83 bits per heavy atom. The first-order valence-electron chi connectivity index (χ1n) is 5.61. The number of aryl methyl sites for hydroxylation is 1. The second-order valence-electron chi connectivity index (χ2n) is 3.86. The average Bonchev–Trinajstić information content (AvgIpc) is 2.40. The molecule has 0 radical (unpaired) electrons. The number of benzene rings is 1. The molecule has 2 aromatic rings. The first-order chi connectivity index (χ1) is 8.72. The van der Waals surface area contributed by atoms with Crippen molar-refractivity contribution in [2.75, 3.05) is 6.73 Å². The van der Waals surface area contributed by atoms with Crippen LogP contribution in [0.4, 0.5) is 0 Å². The topological polar surface area (TPSA) is 65.2 Å². The molecule has 0 bridgehead atoms. The second kappa shape index (κ2) is 5.42. The minimum Gasteiger partial charge on any atom is -0.446 e. The first-order valence-corrected chi connectivity index (χ1v) is 5.61. The molecule has 0 aliphatic rings. The highest BCUT2D eigenvalue weighted by Crippen LogP contribution is 2.23. The summed E-state index contributed by atoms with van der Waals surface area (Å²) < 4.78 is 4.84. The molecule has 0 fully saturated rings. The molecule has 0 saturated carbocycles. The number of rotatable bonds is 3. The van der Waals surface area contributed by atoms with Crippen LogP contribution < -0.4 is 5.73 Å². The maximum atomic E-state index is 11.8. The zero-order chi connectivity index (χ0) is 13.0. The molecule has 4 nitrogen and oxygen atoms in total. The minimum absolute atomic E-state index is 0.131. The lowest BCUT2D eigenvalue weighted by Gasteiger charge is -2.09. The summed E-state index contributed by atoms with van der Waals surface area (Å²) in [6.07, 6.45) is 1.69. The molecule has 0 unspecified atom stereocenters. The summed E-state index contributed by atoms with van der Waals surface area (Å²) in [6, 6.07) is 11.1. The van der Waals surface area contributed by atoms with Crippen LogP contribution in [0.1, 0.15) is 15.9 Å².